The van der Waals surface area contributed by atoms with Crippen LogP contribution in [-0.2, 0) is 21.0 Å². The van der Waals surface area contributed by atoms with Gasteiger partial charge in [-0.05, 0) is 38.0 Å². The Morgan fingerprint density at radius 3 is 2.26 bits per heavy atom. The topological polar surface area (TPSA) is 69.7 Å². The maximum absolute atomic E-state index is 13.0. The number of carbonyl (C=O) groups excluding carboxylic acids is 1. The average molecular weight is 462 g/mol. The van der Waals surface area contributed by atoms with Crippen LogP contribution in [0.1, 0.15) is 51.0 Å². The number of sulfonamides is 1. The van der Waals surface area contributed by atoms with Gasteiger partial charge in [-0.3, -0.25) is 9.69 Å². The Hall–Kier alpha value is -1.65. The molecule has 1 saturated heterocycles. The van der Waals surface area contributed by atoms with E-state index in [4.69, 9.17) is 0 Å². The summed E-state index contributed by atoms with van der Waals surface area (Å²) in [7, 11) is -4.03. The fourth-order valence-corrected chi connectivity index (χ4v) is 5.69. The molecule has 10 heteroatoms. The number of alkyl halides is 3. The third-order valence-electron chi connectivity index (χ3n) is 6.20. The van der Waals surface area contributed by atoms with E-state index in [2.05, 4.69) is 5.32 Å². The van der Waals surface area contributed by atoms with Crippen LogP contribution in [0.4, 0.5) is 13.2 Å². The van der Waals surface area contributed by atoms with Gasteiger partial charge in [0.05, 0.1) is 16.5 Å². The Morgan fingerprint density at radius 1 is 1.06 bits per heavy atom. The fourth-order valence-electron chi connectivity index (χ4n) is 4.22. The fraction of sp³-hybridized carbons (Fsp3) is 0.667. The van der Waals surface area contributed by atoms with Gasteiger partial charge in [-0.15, -0.1) is 0 Å². The zero-order valence-electron chi connectivity index (χ0n) is 17.7. The molecule has 2 fully saturated rings. The second kappa shape index (κ2) is 9.87. The lowest BCUT2D eigenvalue weighted by Gasteiger charge is -2.37. The molecule has 0 bridgehead atoms. The van der Waals surface area contributed by atoms with Crippen molar-refractivity contribution in [3.63, 3.8) is 0 Å². The highest BCUT2D eigenvalue weighted by Crippen LogP contribution is 2.31. The van der Waals surface area contributed by atoms with Crippen LogP contribution in [0.25, 0.3) is 0 Å². The SMILES string of the molecule is CC(C(=O)NC1CCCCCC1)N1CCN(S(=O)(=O)c2cccc(C(F)(F)F)c2)CC1. The highest BCUT2D eigenvalue weighted by Gasteiger charge is 2.35. The van der Waals surface area contributed by atoms with E-state index in [1.165, 1.54) is 23.2 Å². The molecule has 6 nitrogen and oxygen atoms in total. The van der Waals surface area contributed by atoms with Gasteiger partial charge in [0.25, 0.3) is 0 Å². The molecular formula is C21H30F3N3O3S. The molecule has 1 aromatic rings. The van der Waals surface area contributed by atoms with Crippen molar-refractivity contribution in [3.05, 3.63) is 29.8 Å². The lowest BCUT2D eigenvalue weighted by atomic mass is 10.1. The molecule has 0 radical (unpaired) electrons. The van der Waals surface area contributed by atoms with Crippen molar-refractivity contribution in [2.45, 2.75) is 68.6 Å². The van der Waals surface area contributed by atoms with Gasteiger partial charge < -0.3 is 5.32 Å². The Balaban J connectivity index is 1.58. The van der Waals surface area contributed by atoms with Crippen LogP contribution in [0.2, 0.25) is 0 Å². The van der Waals surface area contributed by atoms with Crippen molar-refractivity contribution < 1.29 is 26.4 Å². The van der Waals surface area contributed by atoms with E-state index in [1.807, 2.05) is 11.8 Å². The van der Waals surface area contributed by atoms with Crippen LogP contribution in [0.3, 0.4) is 0 Å². The summed E-state index contributed by atoms with van der Waals surface area (Å²) in [6, 6.07) is 3.61. The summed E-state index contributed by atoms with van der Waals surface area (Å²) in [5.74, 6) is -0.0546. The Kier molecular flexibility index (Phi) is 7.64. The van der Waals surface area contributed by atoms with Gasteiger partial charge in [0, 0.05) is 32.2 Å². The average Bonchev–Trinajstić information content (AvgIpc) is 3.01. The second-order valence-corrected chi connectivity index (χ2v) is 10.3. The molecule has 1 aliphatic heterocycles. The van der Waals surface area contributed by atoms with Gasteiger partial charge >= 0.3 is 6.18 Å². The maximum Gasteiger partial charge on any atom is 0.416 e. The first-order chi connectivity index (χ1) is 14.6. The van der Waals surface area contributed by atoms with Crippen molar-refractivity contribution in [3.8, 4) is 0 Å². The molecule has 3 rings (SSSR count). The smallest absolute Gasteiger partial charge is 0.352 e. The maximum atomic E-state index is 13.0. The first-order valence-corrected chi connectivity index (χ1v) is 12.2. The minimum absolute atomic E-state index is 0.0546. The lowest BCUT2D eigenvalue weighted by molar-refractivity contribution is -0.137. The van der Waals surface area contributed by atoms with E-state index in [1.54, 1.807) is 0 Å². The van der Waals surface area contributed by atoms with Crippen molar-refractivity contribution >= 4 is 15.9 Å². The van der Waals surface area contributed by atoms with Crippen LogP contribution in [0.15, 0.2) is 29.2 Å². The second-order valence-electron chi connectivity index (χ2n) is 8.34. The zero-order chi connectivity index (χ0) is 22.6. The van der Waals surface area contributed by atoms with Crippen LogP contribution in [0, 0.1) is 0 Å². The van der Waals surface area contributed by atoms with Crippen LogP contribution >= 0.6 is 0 Å². The monoisotopic (exact) mass is 461 g/mol. The van der Waals surface area contributed by atoms with Crippen LogP contribution in [-0.4, -0.2) is 61.8 Å². The molecule has 1 atom stereocenters. The number of carbonyl (C=O) groups is 1. The Labute approximate surface area is 181 Å². The van der Waals surface area contributed by atoms with Gasteiger partial charge in [0.1, 0.15) is 0 Å². The summed E-state index contributed by atoms with van der Waals surface area (Å²) in [6.45, 7) is 2.75. The normalized spacial score (nSPS) is 21.4. The molecule has 1 aromatic carbocycles. The largest absolute Gasteiger partial charge is 0.416 e. The number of hydrogen-bond donors (Lipinski definition) is 1. The molecule has 1 N–H and O–H groups in total. The van der Waals surface area contributed by atoms with E-state index in [9.17, 15) is 26.4 Å². The van der Waals surface area contributed by atoms with Gasteiger partial charge in [-0.2, -0.15) is 17.5 Å². The number of halogens is 3. The number of amides is 1. The molecule has 1 heterocycles. The van der Waals surface area contributed by atoms with Crippen LogP contribution < -0.4 is 5.32 Å². The van der Waals surface area contributed by atoms with E-state index < -0.39 is 21.8 Å². The number of benzene rings is 1. The number of rotatable bonds is 5. The molecule has 1 aliphatic carbocycles. The highest BCUT2D eigenvalue weighted by atomic mass is 32.2. The minimum atomic E-state index is -4.61. The summed E-state index contributed by atoms with van der Waals surface area (Å²) in [5, 5.41) is 3.12. The first-order valence-electron chi connectivity index (χ1n) is 10.8. The Morgan fingerprint density at radius 2 is 1.68 bits per heavy atom. The quantitative estimate of drug-likeness (QED) is 0.684. The van der Waals surface area contributed by atoms with Gasteiger partial charge in [0.15, 0.2) is 0 Å². The zero-order valence-corrected chi connectivity index (χ0v) is 18.5. The molecule has 1 amide bonds. The predicted octanol–water partition coefficient (Wildman–Crippen LogP) is 3.24. The van der Waals surface area contributed by atoms with Crippen molar-refractivity contribution in [2.24, 2.45) is 0 Å². The van der Waals surface area contributed by atoms with Crippen molar-refractivity contribution in [1.82, 2.24) is 14.5 Å². The van der Waals surface area contributed by atoms with Crippen molar-refractivity contribution in [2.75, 3.05) is 26.2 Å². The first kappa shape index (κ1) is 24.0. The minimum Gasteiger partial charge on any atom is -0.352 e. The molecular weight excluding hydrogens is 431 g/mol. The van der Waals surface area contributed by atoms with E-state index in [0.29, 0.717) is 19.2 Å². The molecule has 1 unspecified atom stereocenters. The molecule has 0 spiro atoms. The summed E-state index contributed by atoms with van der Waals surface area (Å²) >= 11 is 0. The van der Waals surface area contributed by atoms with Crippen LogP contribution in [0.5, 0.6) is 0 Å². The summed E-state index contributed by atoms with van der Waals surface area (Å²) < 4.78 is 65.7. The molecule has 1 saturated carbocycles. The third-order valence-corrected chi connectivity index (χ3v) is 8.10. The Bertz CT molecular complexity index is 860. The summed E-state index contributed by atoms with van der Waals surface area (Å²) in [4.78, 5) is 14.2. The molecule has 174 valence electrons. The van der Waals surface area contributed by atoms with E-state index in [0.717, 1.165) is 37.8 Å². The number of nitrogens with zero attached hydrogens (tertiary/aromatic N) is 2. The number of hydrogen-bond acceptors (Lipinski definition) is 4. The summed E-state index contributed by atoms with van der Waals surface area (Å²) in [5.41, 5.74) is -0.990. The molecule has 2 aliphatic rings. The number of nitrogens with one attached hydrogen (secondary N) is 1. The number of piperazine rings is 1. The van der Waals surface area contributed by atoms with E-state index in [-0.39, 0.29) is 36.0 Å². The van der Waals surface area contributed by atoms with Gasteiger partial charge in [0.2, 0.25) is 15.9 Å². The van der Waals surface area contributed by atoms with Gasteiger partial charge in [-0.1, -0.05) is 31.7 Å². The molecule has 31 heavy (non-hydrogen) atoms. The van der Waals surface area contributed by atoms with Crippen molar-refractivity contribution in [1.29, 1.82) is 0 Å². The standard InChI is InChI=1S/C21H30F3N3O3S/c1-16(20(28)25-18-8-4-2-3-5-9-18)26-11-13-27(14-12-26)31(29,30)19-10-6-7-17(15-19)21(22,23)24/h6-7,10,15-16,18H,2-5,8-9,11-14H2,1H3,(H,25,28). The summed E-state index contributed by atoms with van der Waals surface area (Å²) in [6.07, 6.45) is 2.00. The van der Waals surface area contributed by atoms with E-state index >= 15 is 0 Å². The lowest BCUT2D eigenvalue weighted by Crippen LogP contribution is -2.55. The van der Waals surface area contributed by atoms with Gasteiger partial charge in [-0.25, -0.2) is 8.42 Å². The highest BCUT2D eigenvalue weighted by molar-refractivity contribution is 7.89. The molecule has 0 aromatic heterocycles. The predicted molar refractivity (Wildman–Crippen MR) is 111 cm³/mol. The third kappa shape index (κ3) is 5.98.